The molecule has 0 radical (unpaired) electrons. The van der Waals surface area contributed by atoms with Crippen molar-refractivity contribution < 1.29 is 14.3 Å². The number of amides is 1. The van der Waals surface area contributed by atoms with Crippen molar-refractivity contribution in [1.82, 2.24) is 9.78 Å². The van der Waals surface area contributed by atoms with Crippen LogP contribution in [-0.2, 0) is 4.74 Å². The molecule has 3 aromatic rings. The number of methoxy groups -OCH3 is 1. The molecule has 2 aromatic carbocycles. The van der Waals surface area contributed by atoms with Crippen LogP contribution in [0.5, 0.6) is 0 Å². The Morgan fingerprint density at radius 1 is 1.00 bits per heavy atom. The molecule has 1 heterocycles. The highest BCUT2D eigenvalue weighted by Gasteiger charge is 2.18. The normalized spacial score (nSPS) is 10.3. The zero-order valence-corrected chi connectivity index (χ0v) is 13.9. The Bertz CT molecular complexity index is 917. The number of para-hydroxylation sites is 2. The minimum atomic E-state index is -0.507. The molecular weight excluding hydrogens is 318 g/mol. The lowest BCUT2D eigenvalue weighted by atomic mass is 10.1. The molecule has 6 nitrogen and oxygen atoms in total. The van der Waals surface area contributed by atoms with Crippen molar-refractivity contribution in [2.24, 2.45) is 0 Å². The Hall–Kier alpha value is -3.41. The van der Waals surface area contributed by atoms with Crippen LogP contribution < -0.4 is 5.32 Å². The van der Waals surface area contributed by atoms with E-state index in [9.17, 15) is 9.59 Å². The summed E-state index contributed by atoms with van der Waals surface area (Å²) in [5.74, 6) is -0.844. The summed E-state index contributed by atoms with van der Waals surface area (Å²) in [5.41, 5.74) is 2.70. The van der Waals surface area contributed by atoms with E-state index in [1.54, 1.807) is 28.9 Å². The molecule has 3 rings (SSSR count). The lowest BCUT2D eigenvalue weighted by Crippen LogP contribution is -2.16. The quantitative estimate of drug-likeness (QED) is 0.743. The number of anilines is 1. The lowest BCUT2D eigenvalue weighted by molar-refractivity contribution is 0.0602. The van der Waals surface area contributed by atoms with Crippen molar-refractivity contribution in [3.8, 4) is 5.69 Å². The van der Waals surface area contributed by atoms with E-state index in [-0.39, 0.29) is 5.91 Å². The summed E-state index contributed by atoms with van der Waals surface area (Å²) in [6.07, 6.45) is 1.51. The number of rotatable bonds is 4. The topological polar surface area (TPSA) is 73.2 Å². The molecular formula is C19H17N3O3. The molecule has 0 aliphatic rings. The second-order valence-corrected chi connectivity index (χ2v) is 5.38. The standard InChI is InChI=1S/C19H17N3O3/c1-13-16(12-20-22(13)14-8-4-3-5-9-14)18(23)21-17-11-7-6-10-15(17)19(24)25-2/h3-12H,1-2H3,(H,21,23). The van der Waals surface area contributed by atoms with E-state index in [0.29, 0.717) is 22.5 Å². The van der Waals surface area contributed by atoms with Gasteiger partial charge < -0.3 is 10.1 Å². The van der Waals surface area contributed by atoms with Gasteiger partial charge >= 0.3 is 5.97 Å². The van der Waals surface area contributed by atoms with Crippen LogP contribution in [0.3, 0.4) is 0 Å². The first-order chi connectivity index (χ1) is 12.1. The van der Waals surface area contributed by atoms with Gasteiger partial charge in [0, 0.05) is 0 Å². The van der Waals surface area contributed by atoms with Gasteiger partial charge in [0.1, 0.15) is 0 Å². The van der Waals surface area contributed by atoms with Gasteiger partial charge in [0.25, 0.3) is 5.91 Å². The molecule has 0 saturated carbocycles. The molecule has 1 N–H and O–H groups in total. The van der Waals surface area contributed by atoms with Crippen molar-refractivity contribution in [1.29, 1.82) is 0 Å². The molecule has 126 valence electrons. The van der Waals surface area contributed by atoms with E-state index in [4.69, 9.17) is 4.74 Å². The van der Waals surface area contributed by atoms with Crippen molar-refractivity contribution in [3.63, 3.8) is 0 Å². The van der Waals surface area contributed by atoms with Crippen molar-refractivity contribution >= 4 is 17.6 Å². The number of nitrogens with one attached hydrogen (secondary N) is 1. The van der Waals surface area contributed by atoms with Crippen molar-refractivity contribution in [2.75, 3.05) is 12.4 Å². The fraction of sp³-hybridized carbons (Fsp3) is 0.105. The van der Waals surface area contributed by atoms with Gasteiger partial charge in [0.2, 0.25) is 0 Å². The van der Waals surface area contributed by atoms with Crippen molar-refractivity contribution in [3.05, 3.63) is 77.6 Å². The minimum Gasteiger partial charge on any atom is -0.465 e. The van der Waals surface area contributed by atoms with Crippen LogP contribution >= 0.6 is 0 Å². The summed E-state index contributed by atoms with van der Waals surface area (Å²) in [6.45, 7) is 1.82. The number of carbonyl (C=O) groups is 2. The van der Waals surface area contributed by atoms with E-state index < -0.39 is 5.97 Å². The number of benzene rings is 2. The van der Waals surface area contributed by atoms with E-state index in [1.807, 2.05) is 37.3 Å². The van der Waals surface area contributed by atoms with E-state index in [1.165, 1.54) is 13.3 Å². The Morgan fingerprint density at radius 3 is 2.40 bits per heavy atom. The number of esters is 1. The maximum Gasteiger partial charge on any atom is 0.339 e. The van der Waals surface area contributed by atoms with Crippen LogP contribution in [-0.4, -0.2) is 28.8 Å². The Balaban J connectivity index is 1.89. The van der Waals surface area contributed by atoms with E-state index >= 15 is 0 Å². The molecule has 0 aliphatic heterocycles. The fourth-order valence-corrected chi connectivity index (χ4v) is 2.53. The van der Waals surface area contributed by atoms with Crippen LogP contribution in [0.2, 0.25) is 0 Å². The summed E-state index contributed by atoms with van der Waals surface area (Å²) in [6, 6.07) is 16.2. The molecule has 1 amide bonds. The monoisotopic (exact) mass is 335 g/mol. The van der Waals surface area contributed by atoms with Crippen LogP contribution in [0.25, 0.3) is 5.69 Å². The number of hydrogen-bond acceptors (Lipinski definition) is 4. The number of aromatic nitrogens is 2. The highest BCUT2D eigenvalue weighted by atomic mass is 16.5. The average Bonchev–Trinajstić information content (AvgIpc) is 3.04. The maximum absolute atomic E-state index is 12.6. The number of ether oxygens (including phenoxy) is 1. The first kappa shape index (κ1) is 16.4. The summed E-state index contributed by atoms with van der Waals surface area (Å²) in [5, 5.41) is 7.04. The SMILES string of the molecule is COC(=O)c1ccccc1NC(=O)c1cnn(-c2ccccc2)c1C. The molecule has 25 heavy (non-hydrogen) atoms. The van der Waals surface area contributed by atoms with Crippen LogP contribution in [0.1, 0.15) is 26.4 Å². The highest BCUT2D eigenvalue weighted by molar-refractivity contribution is 6.08. The average molecular weight is 335 g/mol. The number of hydrogen-bond donors (Lipinski definition) is 1. The molecule has 0 saturated heterocycles. The summed E-state index contributed by atoms with van der Waals surface area (Å²) >= 11 is 0. The second kappa shape index (κ2) is 7.00. The van der Waals surface area contributed by atoms with Gasteiger partial charge in [-0.15, -0.1) is 0 Å². The zero-order valence-electron chi connectivity index (χ0n) is 13.9. The summed E-state index contributed by atoms with van der Waals surface area (Å²) < 4.78 is 6.44. The van der Waals surface area contributed by atoms with Gasteiger partial charge in [-0.3, -0.25) is 4.79 Å². The van der Waals surface area contributed by atoms with Gasteiger partial charge in [0.05, 0.1) is 41.5 Å². The molecule has 0 fully saturated rings. The van der Waals surface area contributed by atoms with Gasteiger partial charge in [-0.1, -0.05) is 30.3 Å². The largest absolute Gasteiger partial charge is 0.465 e. The minimum absolute atomic E-state index is 0.298. The Labute approximate surface area is 145 Å². The van der Waals surface area contributed by atoms with Crippen LogP contribution in [0.15, 0.2) is 60.8 Å². The zero-order chi connectivity index (χ0) is 17.8. The number of carbonyl (C=O) groups excluding carboxylic acids is 2. The third-order valence-electron chi connectivity index (χ3n) is 3.84. The predicted octanol–water partition coefficient (Wildman–Crippen LogP) is 3.22. The van der Waals surface area contributed by atoms with Crippen LogP contribution in [0.4, 0.5) is 5.69 Å². The molecule has 6 heteroatoms. The molecule has 0 spiro atoms. The Morgan fingerprint density at radius 2 is 1.68 bits per heavy atom. The smallest absolute Gasteiger partial charge is 0.339 e. The molecule has 0 unspecified atom stereocenters. The maximum atomic E-state index is 12.6. The lowest BCUT2D eigenvalue weighted by Gasteiger charge is -2.09. The van der Waals surface area contributed by atoms with Gasteiger partial charge in [-0.25, -0.2) is 9.48 Å². The molecule has 0 bridgehead atoms. The predicted molar refractivity (Wildman–Crippen MR) is 94.0 cm³/mol. The molecule has 0 aliphatic carbocycles. The number of nitrogens with zero attached hydrogens (tertiary/aromatic N) is 2. The second-order valence-electron chi connectivity index (χ2n) is 5.38. The van der Waals surface area contributed by atoms with Crippen LogP contribution in [0, 0.1) is 6.92 Å². The van der Waals surface area contributed by atoms with Gasteiger partial charge in [0.15, 0.2) is 0 Å². The third kappa shape index (κ3) is 3.28. The highest BCUT2D eigenvalue weighted by Crippen LogP contribution is 2.19. The van der Waals surface area contributed by atoms with E-state index in [0.717, 1.165) is 5.69 Å². The third-order valence-corrected chi connectivity index (χ3v) is 3.84. The first-order valence-corrected chi connectivity index (χ1v) is 7.70. The Kier molecular flexibility index (Phi) is 4.61. The first-order valence-electron chi connectivity index (χ1n) is 7.70. The van der Waals surface area contributed by atoms with Crippen molar-refractivity contribution in [2.45, 2.75) is 6.92 Å². The van der Waals surface area contributed by atoms with Gasteiger partial charge in [-0.2, -0.15) is 5.10 Å². The van der Waals surface area contributed by atoms with E-state index in [2.05, 4.69) is 10.4 Å². The summed E-state index contributed by atoms with van der Waals surface area (Å²) in [7, 11) is 1.30. The summed E-state index contributed by atoms with van der Waals surface area (Å²) in [4.78, 5) is 24.4. The molecule has 1 aromatic heterocycles. The van der Waals surface area contributed by atoms with Gasteiger partial charge in [-0.05, 0) is 31.2 Å². The fourth-order valence-electron chi connectivity index (χ4n) is 2.53. The molecule has 0 atom stereocenters.